The van der Waals surface area contributed by atoms with E-state index in [1.807, 2.05) is 0 Å². The normalized spacial score (nSPS) is 20.3. The third kappa shape index (κ3) is 12.8. The molecule has 3 aliphatic rings. The van der Waals surface area contributed by atoms with E-state index >= 15 is 0 Å². The van der Waals surface area contributed by atoms with Crippen LogP contribution in [0.2, 0.25) is 39.3 Å². The summed E-state index contributed by atoms with van der Waals surface area (Å²) in [5, 5.41) is 17.4. The summed E-state index contributed by atoms with van der Waals surface area (Å²) in [7, 11) is -2.19. The minimum atomic E-state index is -1.22. The second-order valence-electron chi connectivity index (χ2n) is 12.5. The Labute approximate surface area is 236 Å². The number of nitrogens with one attached hydrogen (secondary N) is 2. The Hall–Kier alpha value is -2.09. The Balaban J connectivity index is 0.000000345. The molecule has 2 unspecified atom stereocenters. The minimum Gasteiger partial charge on any atom is -0.395 e. The topological polar surface area (TPSA) is 148 Å². The number of amides is 2. The summed E-state index contributed by atoms with van der Waals surface area (Å²) in [6.07, 6.45) is 2.69. The number of aliphatic hydroxyl groups is 1. The van der Waals surface area contributed by atoms with Gasteiger partial charge < -0.3 is 26.2 Å². The molecule has 9 nitrogen and oxygen atoms in total. The Morgan fingerprint density at radius 3 is 1.67 bits per heavy atom. The third-order valence-electron chi connectivity index (χ3n) is 7.01. The number of hydrogen-bond acceptors (Lipinski definition) is 7. The lowest BCUT2D eigenvalue weighted by molar-refractivity contribution is -0.163. The monoisotopic (exact) mass is 581 g/mol. The van der Waals surface area contributed by atoms with Gasteiger partial charge in [-0.05, 0) is 26.7 Å². The van der Waals surface area contributed by atoms with Crippen molar-refractivity contribution in [2.45, 2.75) is 91.7 Å². The maximum atomic E-state index is 11.7. The molecule has 39 heavy (non-hydrogen) atoms. The molecule has 0 bridgehead atoms. The molecular formula is C28H51N3O6Si2. The molecule has 1 aliphatic heterocycles. The highest BCUT2D eigenvalue weighted by Crippen LogP contribution is 2.44. The minimum absolute atomic E-state index is 0.0135. The standard InChI is InChI=1S/C15H28N2O3Si.C8H17NSi.C5H6O3/c1-11-12(15(11)21(2,3)4)10-17-14(20)7-5-6-13(19)16-8-9-18;1-6-7(5-9)8(6)10(2,3)4;6-4-2-1-3-5(7)8-4/h12,18H,5-10H2,1-4H3,(H,16,19)(H,17,20);7H,5,9H2,1-4H3;1-3H2. The predicted octanol–water partition coefficient (Wildman–Crippen LogP) is 3.21. The van der Waals surface area contributed by atoms with E-state index in [1.54, 1.807) is 16.0 Å². The number of cyclic esters (lactones) is 2. The van der Waals surface area contributed by atoms with Gasteiger partial charge in [0.25, 0.3) is 0 Å². The van der Waals surface area contributed by atoms with Crippen LogP contribution in [0.15, 0.2) is 21.5 Å². The van der Waals surface area contributed by atoms with Gasteiger partial charge in [-0.15, -0.1) is 0 Å². The van der Waals surface area contributed by atoms with Gasteiger partial charge in [0.2, 0.25) is 11.8 Å². The van der Waals surface area contributed by atoms with E-state index in [9.17, 15) is 19.2 Å². The number of carbonyl (C=O) groups excluding carboxylic acids is 4. The lowest BCUT2D eigenvalue weighted by Crippen LogP contribution is -2.30. The molecule has 0 spiro atoms. The summed E-state index contributed by atoms with van der Waals surface area (Å²) in [6, 6.07) is 0. The lowest BCUT2D eigenvalue weighted by Gasteiger charge is -2.14. The zero-order valence-corrected chi connectivity index (χ0v) is 27.3. The molecule has 0 aromatic rings. The van der Waals surface area contributed by atoms with Gasteiger partial charge in [-0.1, -0.05) is 60.8 Å². The second-order valence-corrected chi connectivity index (χ2v) is 22.5. The van der Waals surface area contributed by atoms with Crippen molar-refractivity contribution in [3.8, 4) is 0 Å². The van der Waals surface area contributed by atoms with Crippen molar-refractivity contribution in [2.75, 3.05) is 26.2 Å². The van der Waals surface area contributed by atoms with Gasteiger partial charge in [0, 0.05) is 57.2 Å². The first-order valence-corrected chi connectivity index (χ1v) is 21.0. The molecule has 5 N–H and O–H groups in total. The SMILES string of the molecule is CC1=C([Si](C)(C)C)C1CN.CC1=C([Si](C)(C)C)C1CNC(=O)CCCC(=O)NCCO.O=C1CCCC(=O)O1. The van der Waals surface area contributed by atoms with Crippen LogP contribution in [0.5, 0.6) is 0 Å². The first-order chi connectivity index (χ1) is 18.0. The highest BCUT2D eigenvalue weighted by molar-refractivity contribution is 6.84. The quantitative estimate of drug-likeness (QED) is 0.166. The van der Waals surface area contributed by atoms with Crippen LogP contribution >= 0.6 is 0 Å². The molecule has 2 atom stereocenters. The van der Waals surface area contributed by atoms with Gasteiger partial charge in [-0.3, -0.25) is 19.2 Å². The highest BCUT2D eigenvalue weighted by atomic mass is 28.3. The molecule has 1 saturated heterocycles. The summed E-state index contributed by atoms with van der Waals surface area (Å²) >= 11 is 0. The zero-order valence-electron chi connectivity index (χ0n) is 25.3. The maximum Gasteiger partial charge on any atom is 0.313 e. The number of nitrogens with two attached hydrogens (primary N) is 1. The third-order valence-corrected chi connectivity index (χ3v) is 11.7. The highest BCUT2D eigenvalue weighted by Gasteiger charge is 2.41. The number of esters is 2. The molecule has 2 aliphatic carbocycles. The van der Waals surface area contributed by atoms with Gasteiger partial charge >= 0.3 is 11.9 Å². The molecular weight excluding hydrogens is 530 g/mol. The van der Waals surface area contributed by atoms with Crippen LogP contribution in [0, 0.1) is 11.8 Å². The molecule has 0 saturated carbocycles. The van der Waals surface area contributed by atoms with E-state index in [1.165, 1.54) is 5.57 Å². The van der Waals surface area contributed by atoms with E-state index < -0.39 is 16.1 Å². The summed E-state index contributed by atoms with van der Waals surface area (Å²) in [5.74, 6) is 0.305. The number of aliphatic hydroxyl groups excluding tert-OH is 1. The summed E-state index contributed by atoms with van der Waals surface area (Å²) in [5.41, 5.74) is 8.63. The largest absolute Gasteiger partial charge is 0.395 e. The molecule has 3 rings (SSSR count). The average Bonchev–Trinajstić information content (AvgIpc) is 3.69. The van der Waals surface area contributed by atoms with Crippen molar-refractivity contribution in [1.82, 2.24) is 10.6 Å². The van der Waals surface area contributed by atoms with Crippen LogP contribution < -0.4 is 16.4 Å². The first-order valence-electron chi connectivity index (χ1n) is 14.0. The molecule has 1 fully saturated rings. The van der Waals surface area contributed by atoms with Crippen molar-refractivity contribution >= 4 is 39.9 Å². The molecule has 222 valence electrons. The Bertz CT molecular complexity index is 949. The smallest absolute Gasteiger partial charge is 0.313 e. The van der Waals surface area contributed by atoms with Gasteiger partial charge in [-0.25, -0.2) is 0 Å². The van der Waals surface area contributed by atoms with E-state index in [4.69, 9.17) is 10.8 Å². The van der Waals surface area contributed by atoms with Crippen LogP contribution in [0.4, 0.5) is 0 Å². The number of carbonyl (C=O) groups is 4. The Kier molecular flexibility index (Phi) is 14.0. The maximum absolute atomic E-state index is 11.7. The molecule has 0 aromatic carbocycles. The fourth-order valence-corrected chi connectivity index (χ4v) is 10.5. The van der Waals surface area contributed by atoms with Gasteiger partial charge in [0.15, 0.2) is 0 Å². The zero-order chi connectivity index (χ0) is 30.0. The van der Waals surface area contributed by atoms with Crippen molar-refractivity contribution < 1.29 is 29.0 Å². The number of hydrogen-bond donors (Lipinski definition) is 4. The summed E-state index contributed by atoms with van der Waals surface area (Å²) in [4.78, 5) is 43.5. The van der Waals surface area contributed by atoms with E-state index in [0.29, 0.717) is 56.9 Å². The Morgan fingerprint density at radius 2 is 1.33 bits per heavy atom. The van der Waals surface area contributed by atoms with Crippen LogP contribution in [0.3, 0.4) is 0 Å². The van der Waals surface area contributed by atoms with Crippen LogP contribution in [0.1, 0.15) is 52.4 Å². The Morgan fingerprint density at radius 1 is 0.872 bits per heavy atom. The van der Waals surface area contributed by atoms with E-state index in [2.05, 4.69) is 68.5 Å². The van der Waals surface area contributed by atoms with Crippen molar-refractivity contribution in [3.63, 3.8) is 0 Å². The first kappa shape index (κ1) is 34.9. The van der Waals surface area contributed by atoms with Crippen molar-refractivity contribution in [1.29, 1.82) is 0 Å². The van der Waals surface area contributed by atoms with Crippen molar-refractivity contribution in [2.24, 2.45) is 17.6 Å². The van der Waals surface area contributed by atoms with Gasteiger partial charge in [0.1, 0.15) is 0 Å². The molecule has 0 radical (unpaired) electrons. The fraction of sp³-hybridized carbons (Fsp3) is 0.714. The second kappa shape index (κ2) is 15.6. The van der Waals surface area contributed by atoms with Gasteiger partial charge in [-0.2, -0.15) is 0 Å². The lowest BCUT2D eigenvalue weighted by atomic mass is 10.2. The van der Waals surface area contributed by atoms with Gasteiger partial charge in [0.05, 0.1) is 22.8 Å². The van der Waals surface area contributed by atoms with Crippen molar-refractivity contribution in [3.05, 3.63) is 21.5 Å². The average molecular weight is 582 g/mol. The van der Waals surface area contributed by atoms with E-state index in [-0.39, 0.29) is 36.9 Å². The number of rotatable bonds is 11. The van der Waals surface area contributed by atoms with Crippen LogP contribution in [-0.4, -0.2) is 71.2 Å². The molecule has 2 amide bonds. The molecule has 0 aromatic heterocycles. The molecule has 11 heteroatoms. The van der Waals surface area contributed by atoms with E-state index in [0.717, 1.165) is 6.54 Å². The summed E-state index contributed by atoms with van der Waals surface area (Å²) < 4.78 is 4.21. The fourth-order valence-electron chi connectivity index (χ4n) is 5.17. The summed E-state index contributed by atoms with van der Waals surface area (Å²) in [6.45, 7) is 20.3. The molecule has 1 heterocycles. The number of ether oxygens (including phenoxy) is 1. The van der Waals surface area contributed by atoms with Crippen LogP contribution in [0.25, 0.3) is 0 Å². The van der Waals surface area contributed by atoms with Crippen LogP contribution in [-0.2, 0) is 23.9 Å². The predicted molar refractivity (Wildman–Crippen MR) is 160 cm³/mol.